The van der Waals surface area contributed by atoms with Crippen molar-refractivity contribution in [1.82, 2.24) is 15.2 Å². The molecule has 0 radical (unpaired) electrons. The lowest BCUT2D eigenvalue weighted by Crippen LogP contribution is -2.39. The van der Waals surface area contributed by atoms with E-state index in [4.69, 9.17) is 0 Å². The van der Waals surface area contributed by atoms with Gasteiger partial charge in [-0.2, -0.15) is 0 Å². The van der Waals surface area contributed by atoms with E-state index in [2.05, 4.69) is 16.9 Å². The fraction of sp³-hybridized carbons (Fsp3) is 0.167. The molecule has 1 atom stereocenters. The summed E-state index contributed by atoms with van der Waals surface area (Å²) in [5, 5.41) is 2.88. The average Bonchev–Trinajstić information content (AvgIpc) is 2.87. The van der Waals surface area contributed by atoms with Crippen molar-refractivity contribution < 1.29 is 9.59 Å². The molecule has 23 heavy (non-hydrogen) atoms. The van der Waals surface area contributed by atoms with Crippen molar-refractivity contribution >= 4 is 11.8 Å². The zero-order chi connectivity index (χ0) is 16.2. The van der Waals surface area contributed by atoms with Gasteiger partial charge in [-0.15, -0.1) is 6.58 Å². The van der Waals surface area contributed by atoms with Crippen molar-refractivity contribution in [2.45, 2.75) is 12.6 Å². The molecule has 0 saturated heterocycles. The quantitative estimate of drug-likeness (QED) is 0.860. The molecule has 0 bridgehead atoms. The lowest BCUT2D eigenvalue weighted by Gasteiger charge is -2.23. The number of rotatable bonds is 5. The molecular weight excluding hydrogens is 290 g/mol. The summed E-state index contributed by atoms with van der Waals surface area (Å²) in [6, 6.07) is 10.3. The molecule has 1 aromatic carbocycles. The molecular formula is C18H17N3O2. The Morgan fingerprint density at radius 1 is 1.30 bits per heavy atom. The number of aromatic nitrogens is 1. The van der Waals surface area contributed by atoms with Gasteiger partial charge < -0.3 is 10.2 Å². The zero-order valence-corrected chi connectivity index (χ0v) is 12.6. The fourth-order valence-corrected chi connectivity index (χ4v) is 2.77. The first-order chi connectivity index (χ1) is 11.2. The van der Waals surface area contributed by atoms with Crippen molar-refractivity contribution in [3.8, 4) is 0 Å². The number of amides is 2. The molecule has 5 heteroatoms. The Labute approximate surface area is 134 Å². The Kier molecular flexibility index (Phi) is 4.19. The van der Waals surface area contributed by atoms with Crippen LogP contribution in [0.5, 0.6) is 0 Å². The van der Waals surface area contributed by atoms with Crippen LogP contribution < -0.4 is 5.32 Å². The number of carbonyl (C=O) groups is 2. The summed E-state index contributed by atoms with van der Waals surface area (Å²) in [5.74, 6) is -0.337. The third-order valence-corrected chi connectivity index (χ3v) is 3.82. The van der Waals surface area contributed by atoms with Gasteiger partial charge in [-0.25, -0.2) is 0 Å². The lowest BCUT2D eigenvalue weighted by molar-refractivity contribution is -0.125. The Balaban J connectivity index is 1.82. The van der Waals surface area contributed by atoms with Gasteiger partial charge in [0.15, 0.2) is 0 Å². The molecule has 5 nitrogen and oxygen atoms in total. The van der Waals surface area contributed by atoms with Crippen LogP contribution in [0.2, 0.25) is 0 Å². The van der Waals surface area contributed by atoms with E-state index < -0.39 is 6.04 Å². The van der Waals surface area contributed by atoms with E-state index in [-0.39, 0.29) is 11.8 Å². The molecule has 2 amide bonds. The van der Waals surface area contributed by atoms with Crippen LogP contribution in [0, 0.1) is 0 Å². The van der Waals surface area contributed by atoms with Crippen molar-refractivity contribution in [1.29, 1.82) is 0 Å². The van der Waals surface area contributed by atoms with Crippen LogP contribution in [-0.2, 0) is 11.3 Å². The van der Waals surface area contributed by atoms with Crippen LogP contribution in [0.4, 0.5) is 0 Å². The van der Waals surface area contributed by atoms with Gasteiger partial charge in [-0.1, -0.05) is 30.3 Å². The van der Waals surface area contributed by atoms with Crippen LogP contribution in [-0.4, -0.2) is 28.2 Å². The normalized spacial score (nSPS) is 16.1. The second-order valence-electron chi connectivity index (χ2n) is 5.32. The van der Waals surface area contributed by atoms with Gasteiger partial charge in [-0.3, -0.25) is 14.6 Å². The number of pyridine rings is 1. The molecule has 1 N–H and O–H groups in total. The van der Waals surface area contributed by atoms with E-state index >= 15 is 0 Å². The highest BCUT2D eigenvalue weighted by Gasteiger charge is 2.39. The monoisotopic (exact) mass is 307 g/mol. The average molecular weight is 307 g/mol. The third-order valence-electron chi connectivity index (χ3n) is 3.82. The van der Waals surface area contributed by atoms with E-state index in [9.17, 15) is 9.59 Å². The maximum atomic E-state index is 12.7. The highest BCUT2D eigenvalue weighted by molar-refractivity contribution is 6.04. The highest BCUT2D eigenvalue weighted by atomic mass is 16.2. The smallest absolute Gasteiger partial charge is 0.255 e. The van der Waals surface area contributed by atoms with Gasteiger partial charge in [0.05, 0.1) is 0 Å². The van der Waals surface area contributed by atoms with Gasteiger partial charge >= 0.3 is 0 Å². The minimum Gasteiger partial charge on any atom is -0.350 e. The van der Waals surface area contributed by atoms with Crippen LogP contribution in [0.3, 0.4) is 0 Å². The van der Waals surface area contributed by atoms with Crippen molar-refractivity contribution in [2.75, 3.05) is 6.54 Å². The molecule has 1 aliphatic heterocycles. The summed E-state index contributed by atoms with van der Waals surface area (Å²) in [4.78, 5) is 30.7. The summed E-state index contributed by atoms with van der Waals surface area (Å²) in [7, 11) is 0. The Hall–Kier alpha value is -2.95. The number of nitrogens with one attached hydrogen (secondary N) is 1. The fourth-order valence-electron chi connectivity index (χ4n) is 2.77. The molecule has 3 rings (SSSR count). The maximum absolute atomic E-state index is 12.7. The van der Waals surface area contributed by atoms with Gasteiger partial charge in [-0.05, 0) is 23.3 Å². The predicted octanol–water partition coefficient (Wildman–Crippen LogP) is 2.08. The minimum absolute atomic E-state index is 0.137. The second kappa shape index (κ2) is 6.44. The van der Waals surface area contributed by atoms with Crippen molar-refractivity contribution in [3.63, 3.8) is 0 Å². The largest absolute Gasteiger partial charge is 0.350 e. The maximum Gasteiger partial charge on any atom is 0.255 e. The SMILES string of the molecule is C=CCN1C(=O)c2ccccc2[C@H]1C(=O)NCc1cccnc1. The summed E-state index contributed by atoms with van der Waals surface area (Å²) >= 11 is 0. The number of fused-ring (bicyclic) bond motifs is 1. The lowest BCUT2D eigenvalue weighted by atomic mass is 10.0. The first kappa shape index (κ1) is 15.0. The van der Waals surface area contributed by atoms with Gasteiger partial charge in [0.25, 0.3) is 5.91 Å². The number of benzene rings is 1. The summed E-state index contributed by atoms with van der Waals surface area (Å²) in [5.41, 5.74) is 2.23. The van der Waals surface area contributed by atoms with Crippen molar-refractivity contribution in [3.05, 3.63) is 78.1 Å². The van der Waals surface area contributed by atoms with Crippen molar-refractivity contribution in [2.24, 2.45) is 0 Å². The molecule has 0 aliphatic carbocycles. The molecule has 0 fully saturated rings. The molecule has 116 valence electrons. The summed E-state index contributed by atoms with van der Waals surface area (Å²) < 4.78 is 0. The second-order valence-corrected chi connectivity index (χ2v) is 5.32. The molecule has 1 aliphatic rings. The molecule has 1 aromatic heterocycles. The van der Waals surface area contributed by atoms with Crippen LogP contribution in [0.15, 0.2) is 61.4 Å². The number of hydrogen-bond acceptors (Lipinski definition) is 3. The van der Waals surface area contributed by atoms with Crippen LogP contribution in [0.1, 0.15) is 27.5 Å². The molecule has 2 aromatic rings. The van der Waals surface area contributed by atoms with Gasteiger partial charge in [0, 0.05) is 31.0 Å². The number of nitrogens with zero attached hydrogens (tertiary/aromatic N) is 2. The van der Waals surface area contributed by atoms with Gasteiger partial charge in [0.2, 0.25) is 5.91 Å². The van der Waals surface area contributed by atoms with E-state index in [0.29, 0.717) is 18.7 Å². The van der Waals surface area contributed by atoms with Crippen LogP contribution >= 0.6 is 0 Å². The van der Waals surface area contributed by atoms with Crippen LogP contribution in [0.25, 0.3) is 0 Å². The summed E-state index contributed by atoms with van der Waals surface area (Å²) in [6.07, 6.45) is 5.02. The Bertz CT molecular complexity index is 743. The molecule has 2 heterocycles. The topological polar surface area (TPSA) is 62.3 Å². The minimum atomic E-state index is -0.617. The van der Waals surface area contributed by atoms with E-state index in [1.165, 1.54) is 4.90 Å². The van der Waals surface area contributed by atoms with E-state index in [1.54, 1.807) is 30.6 Å². The van der Waals surface area contributed by atoms with E-state index in [1.807, 2.05) is 24.3 Å². The third kappa shape index (κ3) is 2.85. The molecule has 0 unspecified atom stereocenters. The Morgan fingerprint density at radius 3 is 2.87 bits per heavy atom. The standard InChI is InChI=1S/C18H17N3O2/c1-2-10-21-16(14-7-3-4-8-15(14)18(21)23)17(22)20-12-13-6-5-9-19-11-13/h2-9,11,16H,1,10,12H2,(H,20,22)/t16-/m0/s1. The highest BCUT2D eigenvalue weighted by Crippen LogP contribution is 2.33. The number of hydrogen-bond donors (Lipinski definition) is 1. The summed E-state index contributed by atoms with van der Waals surface area (Å²) in [6.45, 7) is 4.38. The first-order valence-electron chi connectivity index (χ1n) is 7.40. The van der Waals surface area contributed by atoms with E-state index in [0.717, 1.165) is 11.1 Å². The molecule has 0 spiro atoms. The number of carbonyl (C=O) groups excluding carboxylic acids is 2. The predicted molar refractivity (Wildman–Crippen MR) is 86.5 cm³/mol. The van der Waals surface area contributed by atoms with Gasteiger partial charge in [0.1, 0.15) is 6.04 Å². The first-order valence-corrected chi connectivity index (χ1v) is 7.40. The molecule has 0 saturated carbocycles. The Morgan fingerprint density at radius 2 is 2.13 bits per heavy atom. The zero-order valence-electron chi connectivity index (χ0n) is 12.6.